The molecule has 0 radical (unpaired) electrons. The van der Waals surface area contributed by atoms with Crippen LogP contribution in [-0.2, 0) is 4.74 Å². The number of alkyl halides is 2. The number of aromatic nitrogens is 2. The van der Waals surface area contributed by atoms with Crippen molar-refractivity contribution >= 4 is 34.7 Å². The van der Waals surface area contributed by atoms with Gasteiger partial charge in [-0.05, 0) is 32.8 Å². The van der Waals surface area contributed by atoms with Crippen LogP contribution in [0.5, 0.6) is 5.75 Å². The molecular formula is C21H28Cl2N4O3. The Kier molecular flexibility index (Phi) is 5.92. The van der Waals surface area contributed by atoms with Crippen LogP contribution in [0.4, 0.5) is 5.82 Å². The summed E-state index contributed by atoms with van der Waals surface area (Å²) in [6, 6.07) is 0.0275. The second kappa shape index (κ2) is 8.19. The van der Waals surface area contributed by atoms with Crippen LogP contribution in [0, 0.1) is 12.3 Å². The molecule has 3 heterocycles. The van der Waals surface area contributed by atoms with E-state index in [0.717, 1.165) is 25.9 Å². The van der Waals surface area contributed by atoms with Gasteiger partial charge in [-0.2, -0.15) is 0 Å². The van der Waals surface area contributed by atoms with Crippen molar-refractivity contribution in [1.82, 2.24) is 9.55 Å². The molecule has 2 N–H and O–H groups in total. The monoisotopic (exact) mass is 454 g/mol. The average Bonchev–Trinajstić information content (AvgIpc) is 3.00. The fourth-order valence-corrected chi connectivity index (χ4v) is 5.21. The average molecular weight is 455 g/mol. The minimum atomic E-state index is -0.536. The van der Waals surface area contributed by atoms with Gasteiger partial charge in [0.25, 0.3) is 0 Å². The molecule has 7 nitrogen and oxygen atoms in total. The molecule has 2 saturated heterocycles. The number of allylic oxidation sites excluding steroid dienone is 4. The maximum absolute atomic E-state index is 13.3. The molecule has 4 atom stereocenters. The minimum Gasteiger partial charge on any atom is -0.488 e. The van der Waals surface area contributed by atoms with E-state index in [1.807, 2.05) is 6.92 Å². The molecule has 1 spiro atoms. The van der Waals surface area contributed by atoms with E-state index in [-0.39, 0.29) is 28.9 Å². The lowest BCUT2D eigenvalue weighted by Crippen LogP contribution is -2.51. The number of halogens is 2. The fourth-order valence-electron chi connectivity index (χ4n) is 4.74. The topological polar surface area (TPSA) is 82.6 Å². The van der Waals surface area contributed by atoms with Gasteiger partial charge in [0.1, 0.15) is 5.82 Å². The van der Waals surface area contributed by atoms with Crippen molar-refractivity contribution in [2.45, 2.75) is 49.6 Å². The Morgan fingerprint density at radius 1 is 1.33 bits per heavy atom. The van der Waals surface area contributed by atoms with Crippen LogP contribution in [0.2, 0.25) is 0 Å². The Balaban J connectivity index is 1.66. The molecule has 0 bridgehead atoms. The lowest BCUT2D eigenvalue weighted by Gasteiger charge is -2.41. The van der Waals surface area contributed by atoms with Crippen molar-refractivity contribution in [3.05, 3.63) is 34.4 Å². The first-order valence-electron chi connectivity index (χ1n) is 10.3. The molecule has 2 aliphatic heterocycles. The highest BCUT2D eigenvalue weighted by Gasteiger charge is 2.48. The number of hydrogen-bond donors (Lipinski definition) is 1. The number of anilines is 1. The number of methoxy groups -OCH3 is 1. The molecule has 3 aliphatic rings. The standard InChI is InChI=1S/C21H28Cl2N4O3/c1-12-18(24)21(11-30-12)7-9-26(10-8-21)19-17(29-3)20(28)27(13(2)25-19)15-6-4-5-14(22)16(15)23/h4-6,12,14,16,18H,7-11,24H2,1-3H3/t12-,14-,16?,18+/m0/s1. The summed E-state index contributed by atoms with van der Waals surface area (Å²) in [5.74, 6) is 1.32. The molecule has 1 aromatic heterocycles. The molecule has 1 unspecified atom stereocenters. The van der Waals surface area contributed by atoms with E-state index in [1.165, 1.54) is 11.7 Å². The number of nitrogens with two attached hydrogens (primary N) is 1. The Labute approximate surface area is 186 Å². The van der Waals surface area contributed by atoms with E-state index in [0.29, 0.717) is 23.9 Å². The van der Waals surface area contributed by atoms with Crippen molar-refractivity contribution in [2.24, 2.45) is 11.1 Å². The first kappa shape index (κ1) is 21.7. The predicted molar refractivity (Wildman–Crippen MR) is 120 cm³/mol. The molecule has 1 aliphatic carbocycles. The van der Waals surface area contributed by atoms with Crippen molar-refractivity contribution < 1.29 is 9.47 Å². The summed E-state index contributed by atoms with van der Waals surface area (Å²) in [6.45, 7) is 5.99. The summed E-state index contributed by atoms with van der Waals surface area (Å²) < 4.78 is 12.8. The molecule has 0 amide bonds. The SMILES string of the molecule is COc1c(N2CCC3(CC2)CO[C@@H](C)[C@H]3N)nc(C)n(C2=CC=C[C@H](Cl)C2Cl)c1=O. The molecule has 30 heavy (non-hydrogen) atoms. The summed E-state index contributed by atoms with van der Waals surface area (Å²) in [7, 11) is 1.49. The van der Waals surface area contributed by atoms with Crippen molar-refractivity contribution in [2.75, 3.05) is 31.7 Å². The third-order valence-corrected chi connectivity index (χ3v) is 7.70. The third-order valence-electron chi connectivity index (χ3n) is 6.68. The maximum atomic E-state index is 13.3. The lowest BCUT2D eigenvalue weighted by atomic mass is 9.73. The number of hydrogen-bond acceptors (Lipinski definition) is 6. The van der Waals surface area contributed by atoms with Gasteiger partial charge >= 0.3 is 5.56 Å². The number of piperidine rings is 1. The zero-order chi connectivity index (χ0) is 21.6. The summed E-state index contributed by atoms with van der Waals surface area (Å²) in [4.78, 5) is 20.2. The summed E-state index contributed by atoms with van der Waals surface area (Å²) in [5.41, 5.74) is 6.74. The predicted octanol–water partition coefficient (Wildman–Crippen LogP) is 2.52. The van der Waals surface area contributed by atoms with Crippen LogP contribution in [0.15, 0.2) is 23.0 Å². The van der Waals surface area contributed by atoms with Gasteiger partial charge in [0.2, 0.25) is 5.75 Å². The van der Waals surface area contributed by atoms with E-state index < -0.39 is 10.8 Å². The zero-order valence-electron chi connectivity index (χ0n) is 17.5. The number of rotatable bonds is 3. The van der Waals surface area contributed by atoms with Gasteiger partial charge in [0.15, 0.2) is 5.82 Å². The van der Waals surface area contributed by atoms with E-state index in [2.05, 4.69) is 4.90 Å². The van der Waals surface area contributed by atoms with E-state index in [4.69, 9.17) is 43.4 Å². The van der Waals surface area contributed by atoms with Crippen LogP contribution in [0.1, 0.15) is 25.6 Å². The highest BCUT2D eigenvalue weighted by atomic mass is 35.5. The number of ether oxygens (including phenoxy) is 2. The molecular weight excluding hydrogens is 427 g/mol. The lowest BCUT2D eigenvalue weighted by molar-refractivity contribution is 0.0973. The van der Waals surface area contributed by atoms with Crippen molar-refractivity contribution in [1.29, 1.82) is 0 Å². The smallest absolute Gasteiger partial charge is 0.302 e. The van der Waals surface area contributed by atoms with E-state index >= 15 is 0 Å². The zero-order valence-corrected chi connectivity index (χ0v) is 19.0. The van der Waals surface area contributed by atoms with Gasteiger partial charge in [-0.3, -0.25) is 9.36 Å². The Morgan fingerprint density at radius 2 is 2.03 bits per heavy atom. The van der Waals surface area contributed by atoms with Gasteiger partial charge in [-0.25, -0.2) is 4.98 Å². The molecule has 2 fully saturated rings. The highest BCUT2D eigenvalue weighted by Crippen LogP contribution is 2.42. The molecule has 4 rings (SSSR count). The fraction of sp³-hybridized carbons (Fsp3) is 0.619. The Morgan fingerprint density at radius 3 is 2.63 bits per heavy atom. The Hall–Kier alpha value is -1.54. The van der Waals surface area contributed by atoms with Crippen molar-refractivity contribution in [3.8, 4) is 5.75 Å². The highest BCUT2D eigenvalue weighted by molar-refractivity contribution is 6.34. The van der Waals surface area contributed by atoms with Crippen LogP contribution in [0.3, 0.4) is 0 Å². The van der Waals surface area contributed by atoms with Crippen molar-refractivity contribution in [3.63, 3.8) is 0 Å². The quantitative estimate of drug-likeness (QED) is 0.706. The summed E-state index contributed by atoms with van der Waals surface area (Å²) in [5, 5.41) is -0.937. The van der Waals surface area contributed by atoms with Gasteiger partial charge in [0.05, 0.1) is 30.6 Å². The Bertz CT molecular complexity index is 937. The van der Waals surface area contributed by atoms with Crippen LogP contribution < -0.4 is 20.9 Å². The molecule has 1 aromatic rings. The second-order valence-electron chi connectivity index (χ2n) is 8.37. The van der Waals surface area contributed by atoms with Gasteiger partial charge in [-0.1, -0.05) is 12.2 Å². The largest absolute Gasteiger partial charge is 0.488 e. The van der Waals surface area contributed by atoms with Crippen LogP contribution in [0.25, 0.3) is 5.70 Å². The third kappa shape index (κ3) is 3.45. The number of nitrogens with zero attached hydrogens (tertiary/aromatic N) is 3. The summed E-state index contributed by atoms with van der Waals surface area (Å²) in [6.07, 6.45) is 7.24. The first-order valence-corrected chi connectivity index (χ1v) is 11.1. The van der Waals surface area contributed by atoms with Crippen LogP contribution in [-0.4, -0.2) is 59.3 Å². The normalized spacial score (nSPS) is 30.6. The summed E-state index contributed by atoms with van der Waals surface area (Å²) >= 11 is 12.7. The molecule has 0 aromatic carbocycles. The molecule has 9 heteroatoms. The second-order valence-corrected chi connectivity index (χ2v) is 9.34. The van der Waals surface area contributed by atoms with E-state index in [1.54, 1.807) is 25.2 Å². The van der Waals surface area contributed by atoms with Gasteiger partial charge < -0.3 is 20.1 Å². The minimum absolute atomic E-state index is 0.00632. The van der Waals surface area contributed by atoms with Crippen LogP contribution >= 0.6 is 23.2 Å². The van der Waals surface area contributed by atoms with Gasteiger partial charge in [0, 0.05) is 30.2 Å². The van der Waals surface area contributed by atoms with Gasteiger partial charge in [-0.15, -0.1) is 23.2 Å². The molecule has 0 saturated carbocycles. The number of aryl methyl sites for hydroxylation is 1. The maximum Gasteiger partial charge on any atom is 0.302 e. The van der Waals surface area contributed by atoms with E-state index in [9.17, 15) is 4.79 Å². The molecule has 164 valence electrons. The first-order chi connectivity index (χ1) is 14.3.